The van der Waals surface area contributed by atoms with Crippen LogP contribution in [0.1, 0.15) is 37.0 Å². The number of nitrogens with one attached hydrogen (secondary N) is 1. The molecule has 0 unspecified atom stereocenters. The summed E-state index contributed by atoms with van der Waals surface area (Å²) in [5.41, 5.74) is 2.21. The number of benzene rings is 3. The van der Waals surface area contributed by atoms with E-state index in [4.69, 9.17) is 0 Å². The monoisotopic (exact) mass is 580 g/mol. The minimum atomic E-state index is -4.04. The van der Waals surface area contributed by atoms with Crippen LogP contribution >= 0.6 is 0 Å². The fraction of sp³-hybridized carbons (Fsp3) is 0.333. The zero-order chi connectivity index (χ0) is 30.2. The number of carbonyl (C=O) groups excluding carboxylic acids is 2. The quantitative estimate of drug-likeness (QED) is 0.238. The van der Waals surface area contributed by atoms with Gasteiger partial charge in [0.2, 0.25) is 21.8 Å². The average Bonchev–Trinajstić information content (AvgIpc) is 2.94. The molecule has 0 radical (unpaired) electrons. The highest BCUT2D eigenvalue weighted by Gasteiger charge is 2.34. The molecular formula is C30H36N4O6S. The number of carbonyl (C=O) groups is 2. The van der Waals surface area contributed by atoms with Crippen molar-refractivity contribution in [1.82, 2.24) is 10.2 Å². The number of non-ortho nitro benzene ring substituents is 1. The first-order chi connectivity index (χ1) is 19.4. The summed E-state index contributed by atoms with van der Waals surface area (Å²) in [6, 6.07) is 20.8. The summed E-state index contributed by atoms with van der Waals surface area (Å²) in [6.07, 6.45) is 1.82. The molecule has 0 heterocycles. The predicted molar refractivity (Wildman–Crippen MR) is 159 cm³/mol. The molecule has 10 nitrogen and oxygen atoms in total. The lowest BCUT2D eigenvalue weighted by Crippen LogP contribution is -2.54. The van der Waals surface area contributed by atoms with Gasteiger partial charge in [-0.15, -0.1) is 0 Å². The minimum Gasteiger partial charge on any atom is -0.352 e. The molecular weight excluding hydrogens is 544 g/mol. The summed E-state index contributed by atoms with van der Waals surface area (Å²) >= 11 is 0. The first-order valence-electron chi connectivity index (χ1n) is 13.3. The molecule has 41 heavy (non-hydrogen) atoms. The van der Waals surface area contributed by atoms with Gasteiger partial charge in [-0.05, 0) is 43.0 Å². The fourth-order valence-corrected chi connectivity index (χ4v) is 5.18. The van der Waals surface area contributed by atoms with Gasteiger partial charge in [-0.2, -0.15) is 0 Å². The number of anilines is 1. The van der Waals surface area contributed by atoms with Gasteiger partial charge in [-0.3, -0.25) is 24.0 Å². The smallest absolute Gasteiger partial charge is 0.271 e. The lowest BCUT2D eigenvalue weighted by atomic mass is 10.0. The number of hydrogen-bond donors (Lipinski definition) is 1. The number of nitro benzene ring substituents is 1. The molecule has 3 rings (SSSR count). The molecule has 0 saturated carbocycles. The Morgan fingerprint density at radius 1 is 1.00 bits per heavy atom. The SMILES string of the molecule is CC[C@@H](C)NC(=O)[C@H](Cc1ccccc1)N(Cc1ccccc1C)C(=O)CN(c1cccc([N+](=O)[O-])c1)S(C)(=O)=O. The van der Waals surface area contributed by atoms with Crippen molar-refractivity contribution in [1.29, 1.82) is 0 Å². The Bertz CT molecular complexity index is 1480. The summed E-state index contributed by atoms with van der Waals surface area (Å²) in [5.74, 6) is -0.975. The number of hydrogen-bond acceptors (Lipinski definition) is 6. The van der Waals surface area contributed by atoms with Crippen LogP contribution in [0.5, 0.6) is 0 Å². The first kappa shape index (κ1) is 31.3. The average molecular weight is 581 g/mol. The Hall–Kier alpha value is -4.25. The number of amides is 2. The van der Waals surface area contributed by atoms with Crippen molar-refractivity contribution in [2.45, 2.75) is 52.2 Å². The largest absolute Gasteiger partial charge is 0.352 e. The van der Waals surface area contributed by atoms with Crippen molar-refractivity contribution in [3.05, 3.63) is 106 Å². The summed E-state index contributed by atoms with van der Waals surface area (Å²) in [4.78, 5) is 39.9. The molecule has 0 aliphatic heterocycles. The highest BCUT2D eigenvalue weighted by Crippen LogP contribution is 2.24. The molecule has 1 N–H and O–H groups in total. The maximum Gasteiger partial charge on any atom is 0.271 e. The molecule has 3 aromatic carbocycles. The van der Waals surface area contributed by atoms with Crippen molar-refractivity contribution in [3.63, 3.8) is 0 Å². The van der Waals surface area contributed by atoms with Crippen LogP contribution in [0.25, 0.3) is 0 Å². The normalized spacial score (nSPS) is 12.7. The van der Waals surface area contributed by atoms with Gasteiger partial charge < -0.3 is 10.2 Å². The Labute approximate surface area is 241 Å². The van der Waals surface area contributed by atoms with Crippen LogP contribution in [-0.2, 0) is 32.6 Å². The molecule has 0 spiro atoms. The number of aryl methyl sites for hydroxylation is 1. The lowest BCUT2D eigenvalue weighted by molar-refractivity contribution is -0.384. The molecule has 0 fully saturated rings. The Morgan fingerprint density at radius 3 is 2.27 bits per heavy atom. The Balaban J connectivity index is 2.09. The minimum absolute atomic E-state index is 0.0189. The highest BCUT2D eigenvalue weighted by molar-refractivity contribution is 7.92. The van der Waals surface area contributed by atoms with Crippen LogP contribution in [0.4, 0.5) is 11.4 Å². The second-order valence-electron chi connectivity index (χ2n) is 10.0. The van der Waals surface area contributed by atoms with E-state index < -0.39 is 33.4 Å². The number of sulfonamides is 1. The van der Waals surface area contributed by atoms with Crippen molar-refractivity contribution < 1.29 is 22.9 Å². The van der Waals surface area contributed by atoms with Crippen molar-refractivity contribution >= 4 is 33.2 Å². The molecule has 2 atom stereocenters. The third kappa shape index (κ3) is 8.62. The fourth-order valence-electron chi connectivity index (χ4n) is 4.34. The van der Waals surface area contributed by atoms with Crippen LogP contribution in [0.3, 0.4) is 0 Å². The first-order valence-corrected chi connectivity index (χ1v) is 15.2. The van der Waals surface area contributed by atoms with Gasteiger partial charge in [-0.1, -0.05) is 67.6 Å². The molecule has 2 amide bonds. The Morgan fingerprint density at radius 2 is 1.66 bits per heavy atom. The number of nitro groups is 1. The molecule has 0 bridgehead atoms. The van der Waals surface area contributed by atoms with Gasteiger partial charge in [0.1, 0.15) is 12.6 Å². The van der Waals surface area contributed by atoms with E-state index >= 15 is 0 Å². The van der Waals surface area contributed by atoms with Crippen LogP contribution < -0.4 is 9.62 Å². The van der Waals surface area contributed by atoms with Crippen LogP contribution in [0.15, 0.2) is 78.9 Å². The van der Waals surface area contributed by atoms with E-state index in [0.29, 0.717) is 6.42 Å². The molecule has 0 aliphatic rings. The van der Waals surface area contributed by atoms with Gasteiger partial charge in [0, 0.05) is 31.1 Å². The third-order valence-electron chi connectivity index (χ3n) is 6.88. The van der Waals surface area contributed by atoms with Gasteiger partial charge in [0.15, 0.2) is 0 Å². The van der Waals surface area contributed by atoms with Crippen LogP contribution in [0, 0.1) is 17.0 Å². The van der Waals surface area contributed by atoms with E-state index in [-0.39, 0.29) is 36.3 Å². The summed E-state index contributed by atoms with van der Waals surface area (Å²) in [6.45, 7) is 5.13. The maximum absolute atomic E-state index is 14.1. The molecule has 0 saturated heterocycles. The van der Waals surface area contributed by atoms with Crippen molar-refractivity contribution in [3.8, 4) is 0 Å². The summed E-state index contributed by atoms with van der Waals surface area (Å²) in [7, 11) is -4.04. The number of rotatable bonds is 13. The van der Waals surface area contributed by atoms with E-state index in [1.807, 2.05) is 75.4 Å². The second-order valence-corrected chi connectivity index (χ2v) is 11.9. The molecule has 11 heteroatoms. The van der Waals surface area contributed by atoms with E-state index in [2.05, 4.69) is 5.32 Å². The van der Waals surface area contributed by atoms with E-state index in [1.54, 1.807) is 0 Å². The molecule has 0 aliphatic carbocycles. The maximum atomic E-state index is 14.1. The zero-order valence-corrected chi connectivity index (χ0v) is 24.5. The van der Waals surface area contributed by atoms with Crippen LogP contribution in [-0.4, -0.2) is 54.9 Å². The van der Waals surface area contributed by atoms with Gasteiger partial charge in [0.25, 0.3) is 5.69 Å². The topological polar surface area (TPSA) is 130 Å². The molecule has 218 valence electrons. The molecule has 0 aromatic heterocycles. The van der Waals surface area contributed by atoms with Crippen molar-refractivity contribution in [2.24, 2.45) is 0 Å². The second kappa shape index (κ2) is 13.9. The van der Waals surface area contributed by atoms with Gasteiger partial charge >= 0.3 is 0 Å². The zero-order valence-electron chi connectivity index (χ0n) is 23.7. The van der Waals surface area contributed by atoms with Gasteiger partial charge in [0.05, 0.1) is 16.9 Å². The standard InChI is InChI=1S/C30H36N4O6S/c1-5-23(3)31-30(36)28(18-24-13-7-6-8-14-24)32(20-25-15-10-9-12-22(25)2)29(35)21-33(41(4,39)40)26-16-11-17-27(19-26)34(37)38/h6-17,19,23,28H,5,18,20-21H2,1-4H3,(H,31,36)/t23-,28+/m1/s1. The Kier molecular flexibility index (Phi) is 10.6. The summed E-state index contributed by atoms with van der Waals surface area (Å²) in [5, 5.41) is 14.3. The van der Waals surface area contributed by atoms with E-state index in [9.17, 15) is 28.1 Å². The predicted octanol–water partition coefficient (Wildman–Crippen LogP) is 4.22. The van der Waals surface area contributed by atoms with Crippen molar-refractivity contribution in [2.75, 3.05) is 17.1 Å². The number of nitrogens with zero attached hydrogens (tertiary/aromatic N) is 3. The van der Waals surface area contributed by atoms with E-state index in [1.165, 1.54) is 23.1 Å². The van der Waals surface area contributed by atoms with Gasteiger partial charge in [-0.25, -0.2) is 8.42 Å². The van der Waals surface area contributed by atoms with E-state index in [0.717, 1.165) is 33.3 Å². The summed E-state index contributed by atoms with van der Waals surface area (Å²) < 4.78 is 26.6. The van der Waals surface area contributed by atoms with Crippen LogP contribution in [0.2, 0.25) is 0 Å². The molecule has 3 aromatic rings. The highest BCUT2D eigenvalue weighted by atomic mass is 32.2. The lowest BCUT2D eigenvalue weighted by Gasteiger charge is -2.34. The third-order valence-corrected chi connectivity index (χ3v) is 8.02.